The van der Waals surface area contributed by atoms with E-state index in [0.717, 1.165) is 10.0 Å². The number of halogens is 1. The van der Waals surface area contributed by atoms with Crippen molar-refractivity contribution in [2.24, 2.45) is 0 Å². The topological polar surface area (TPSA) is 31.4 Å². The zero-order valence-electron chi connectivity index (χ0n) is 9.61. The molecule has 0 aliphatic rings. The minimum Gasteiger partial charge on any atom is -0.493 e. The summed E-state index contributed by atoms with van der Waals surface area (Å²) >= 11 is 3.33. The highest BCUT2D eigenvalue weighted by molar-refractivity contribution is 9.10. The molecule has 2 rings (SSSR count). The van der Waals surface area contributed by atoms with Crippen LogP contribution < -0.4 is 9.47 Å². The number of aryl methyl sites for hydroxylation is 1. The smallest absolute Gasteiger partial charge is 0.219 e. The van der Waals surface area contributed by atoms with Crippen LogP contribution in [0.25, 0.3) is 0 Å². The van der Waals surface area contributed by atoms with E-state index in [2.05, 4.69) is 20.9 Å². The van der Waals surface area contributed by atoms with Crippen molar-refractivity contribution >= 4 is 15.9 Å². The van der Waals surface area contributed by atoms with Gasteiger partial charge in [-0.2, -0.15) is 0 Å². The second kappa shape index (κ2) is 5.19. The molecule has 1 aromatic heterocycles. The van der Waals surface area contributed by atoms with E-state index in [1.54, 1.807) is 19.4 Å². The van der Waals surface area contributed by atoms with Crippen LogP contribution in [0, 0.1) is 6.92 Å². The Labute approximate surface area is 109 Å². The maximum atomic E-state index is 5.68. The molecular weight excluding hydrogens is 282 g/mol. The minimum absolute atomic E-state index is 0.539. The van der Waals surface area contributed by atoms with Crippen molar-refractivity contribution in [2.45, 2.75) is 6.92 Å². The fraction of sp³-hybridized carbons (Fsp3) is 0.154. The van der Waals surface area contributed by atoms with Crippen LogP contribution in [-0.4, -0.2) is 12.1 Å². The molecule has 3 nitrogen and oxygen atoms in total. The molecule has 0 saturated carbocycles. The maximum absolute atomic E-state index is 5.68. The fourth-order valence-electron chi connectivity index (χ4n) is 1.40. The number of methoxy groups -OCH3 is 1. The zero-order valence-corrected chi connectivity index (χ0v) is 11.2. The molecule has 0 aliphatic heterocycles. The van der Waals surface area contributed by atoms with Crippen LogP contribution in [0.4, 0.5) is 0 Å². The van der Waals surface area contributed by atoms with E-state index >= 15 is 0 Å². The first-order chi connectivity index (χ1) is 8.19. The summed E-state index contributed by atoms with van der Waals surface area (Å²) in [6, 6.07) is 9.45. The predicted molar refractivity (Wildman–Crippen MR) is 69.7 cm³/mol. The normalized spacial score (nSPS) is 10.1. The van der Waals surface area contributed by atoms with Crippen LogP contribution in [0.5, 0.6) is 17.4 Å². The minimum atomic E-state index is 0.539. The highest BCUT2D eigenvalue weighted by Gasteiger charge is 2.06. The Bertz CT molecular complexity index is 511. The molecule has 0 N–H and O–H groups in total. The molecule has 88 valence electrons. The lowest BCUT2D eigenvalue weighted by Gasteiger charge is -2.10. The van der Waals surface area contributed by atoms with E-state index in [-0.39, 0.29) is 0 Å². The van der Waals surface area contributed by atoms with E-state index in [4.69, 9.17) is 9.47 Å². The van der Waals surface area contributed by atoms with Gasteiger partial charge in [0.25, 0.3) is 0 Å². The molecule has 0 atom stereocenters. The zero-order chi connectivity index (χ0) is 12.3. The van der Waals surface area contributed by atoms with Gasteiger partial charge in [-0.1, -0.05) is 6.07 Å². The van der Waals surface area contributed by atoms with Crippen molar-refractivity contribution in [3.63, 3.8) is 0 Å². The third kappa shape index (κ3) is 2.97. The average molecular weight is 294 g/mol. The summed E-state index contributed by atoms with van der Waals surface area (Å²) in [5.74, 6) is 1.90. The molecule has 0 aliphatic carbocycles. The molecule has 0 bridgehead atoms. The van der Waals surface area contributed by atoms with Gasteiger partial charge in [-0.25, -0.2) is 4.98 Å². The molecule has 2 aromatic rings. The second-order valence-corrected chi connectivity index (χ2v) is 4.49. The summed E-state index contributed by atoms with van der Waals surface area (Å²) in [6.07, 6.45) is 1.69. The van der Waals surface area contributed by atoms with Crippen molar-refractivity contribution < 1.29 is 9.47 Å². The summed E-state index contributed by atoms with van der Waals surface area (Å²) in [4.78, 5) is 4.15. The fourth-order valence-corrected chi connectivity index (χ4v) is 1.63. The Morgan fingerprint density at radius 1 is 1.12 bits per heavy atom. The number of nitrogens with zero attached hydrogens (tertiary/aromatic N) is 1. The molecule has 0 fully saturated rings. The van der Waals surface area contributed by atoms with Crippen LogP contribution >= 0.6 is 15.9 Å². The number of aromatic nitrogens is 1. The Morgan fingerprint density at radius 2 is 1.94 bits per heavy atom. The molecule has 1 aromatic carbocycles. The number of hydrogen-bond donors (Lipinski definition) is 0. The monoisotopic (exact) mass is 293 g/mol. The summed E-state index contributed by atoms with van der Waals surface area (Å²) < 4.78 is 11.8. The van der Waals surface area contributed by atoms with Crippen molar-refractivity contribution in [2.75, 3.05) is 7.11 Å². The lowest BCUT2D eigenvalue weighted by Crippen LogP contribution is -1.92. The average Bonchev–Trinajstić information content (AvgIpc) is 2.32. The van der Waals surface area contributed by atoms with E-state index in [1.165, 1.54) is 0 Å². The van der Waals surface area contributed by atoms with Crippen LogP contribution in [0.1, 0.15) is 5.56 Å². The SMILES string of the molecule is COc1ccc(C)cc1Oc1ccc(Br)cn1. The van der Waals surface area contributed by atoms with Gasteiger partial charge in [-0.05, 0) is 46.6 Å². The second-order valence-electron chi connectivity index (χ2n) is 3.57. The molecule has 1 heterocycles. The van der Waals surface area contributed by atoms with Crippen molar-refractivity contribution in [1.29, 1.82) is 0 Å². The third-order valence-electron chi connectivity index (χ3n) is 2.23. The summed E-state index contributed by atoms with van der Waals surface area (Å²) in [5, 5.41) is 0. The first-order valence-electron chi connectivity index (χ1n) is 5.13. The quantitative estimate of drug-likeness (QED) is 0.858. The largest absolute Gasteiger partial charge is 0.493 e. The lowest BCUT2D eigenvalue weighted by atomic mass is 10.2. The van der Waals surface area contributed by atoms with Gasteiger partial charge >= 0.3 is 0 Å². The molecule has 0 spiro atoms. The molecule has 17 heavy (non-hydrogen) atoms. The maximum Gasteiger partial charge on any atom is 0.219 e. The van der Waals surface area contributed by atoms with Crippen LogP contribution in [-0.2, 0) is 0 Å². The van der Waals surface area contributed by atoms with Gasteiger partial charge in [0, 0.05) is 16.7 Å². The van der Waals surface area contributed by atoms with Crippen molar-refractivity contribution in [1.82, 2.24) is 4.98 Å². The van der Waals surface area contributed by atoms with Crippen molar-refractivity contribution in [3.8, 4) is 17.4 Å². The van der Waals surface area contributed by atoms with Gasteiger partial charge in [0.1, 0.15) is 0 Å². The summed E-state index contributed by atoms with van der Waals surface area (Å²) in [5.41, 5.74) is 1.11. The summed E-state index contributed by atoms with van der Waals surface area (Å²) in [6.45, 7) is 2.00. The van der Waals surface area contributed by atoms with E-state index in [0.29, 0.717) is 17.4 Å². The van der Waals surface area contributed by atoms with E-state index in [1.807, 2.05) is 31.2 Å². The Morgan fingerprint density at radius 3 is 2.59 bits per heavy atom. The molecule has 0 radical (unpaired) electrons. The molecule has 0 unspecified atom stereocenters. The molecule has 0 amide bonds. The number of ether oxygens (including phenoxy) is 2. The van der Waals surface area contributed by atoms with Crippen LogP contribution in [0.3, 0.4) is 0 Å². The molecule has 0 saturated heterocycles. The van der Waals surface area contributed by atoms with E-state index in [9.17, 15) is 0 Å². The van der Waals surface area contributed by atoms with Crippen LogP contribution in [0.2, 0.25) is 0 Å². The van der Waals surface area contributed by atoms with Gasteiger partial charge in [0.2, 0.25) is 5.88 Å². The number of benzene rings is 1. The van der Waals surface area contributed by atoms with Gasteiger partial charge in [0.05, 0.1) is 7.11 Å². The third-order valence-corrected chi connectivity index (χ3v) is 2.70. The summed E-state index contributed by atoms with van der Waals surface area (Å²) in [7, 11) is 1.62. The number of hydrogen-bond acceptors (Lipinski definition) is 3. The van der Waals surface area contributed by atoms with Gasteiger partial charge in [-0.3, -0.25) is 0 Å². The Hall–Kier alpha value is -1.55. The molecular formula is C13H12BrNO2. The number of pyridine rings is 1. The van der Waals surface area contributed by atoms with Gasteiger partial charge in [-0.15, -0.1) is 0 Å². The number of rotatable bonds is 3. The first kappa shape index (κ1) is 11.9. The van der Waals surface area contributed by atoms with Crippen molar-refractivity contribution in [3.05, 3.63) is 46.6 Å². The van der Waals surface area contributed by atoms with Crippen LogP contribution in [0.15, 0.2) is 41.0 Å². The first-order valence-corrected chi connectivity index (χ1v) is 5.92. The Kier molecular flexibility index (Phi) is 3.64. The predicted octanol–water partition coefficient (Wildman–Crippen LogP) is 3.95. The van der Waals surface area contributed by atoms with Gasteiger partial charge in [0.15, 0.2) is 11.5 Å². The lowest BCUT2D eigenvalue weighted by molar-refractivity contribution is 0.374. The highest BCUT2D eigenvalue weighted by atomic mass is 79.9. The standard InChI is InChI=1S/C13H12BrNO2/c1-9-3-5-11(16-2)12(7-9)17-13-6-4-10(14)8-15-13/h3-8H,1-2H3. The molecule has 4 heteroatoms. The highest BCUT2D eigenvalue weighted by Crippen LogP contribution is 2.31. The van der Waals surface area contributed by atoms with E-state index < -0.39 is 0 Å². The Balaban J connectivity index is 2.28. The van der Waals surface area contributed by atoms with Gasteiger partial charge < -0.3 is 9.47 Å².